The molecule has 1 aliphatic rings. The first-order valence-electron chi connectivity index (χ1n) is 15.2. The van der Waals surface area contributed by atoms with Gasteiger partial charge in [-0.2, -0.15) is 0 Å². The van der Waals surface area contributed by atoms with Crippen molar-refractivity contribution in [2.24, 2.45) is 0 Å². The Morgan fingerprint density at radius 2 is 1.59 bits per heavy atom. The predicted octanol–water partition coefficient (Wildman–Crippen LogP) is 6.69. The Bertz CT molecular complexity index is 1660. The quantitative estimate of drug-likeness (QED) is 0.214. The molecule has 3 aromatic carbocycles. The zero-order valence-electron chi connectivity index (χ0n) is 26.8. The molecule has 3 aromatic rings. The second kappa shape index (κ2) is 15.4. The van der Waals surface area contributed by atoms with Crippen LogP contribution in [-0.2, 0) is 26.2 Å². The summed E-state index contributed by atoms with van der Waals surface area (Å²) >= 11 is 12.7. The summed E-state index contributed by atoms with van der Waals surface area (Å²) in [7, 11) is -1.45. The molecule has 0 spiro atoms. The minimum Gasteiger partial charge on any atom is -0.493 e. The molecule has 0 unspecified atom stereocenters. The molecule has 1 aliphatic carbocycles. The molecule has 4 rings (SSSR count). The number of methoxy groups -OCH3 is 2. The van der Waals surface area contributed by atoms with Crippen LogP contribution in [0.5, 0.6) is 11.5 Å². The van der Waals surface area contributed by atoms with Crippen molar-refractivity contribution in [1.82, 2.24) is 10.2 Å². The molecule has 0 saturated heterocycles. The summed E-state index contributed by atoms with van der Waals surface area (Å²) in [6.07, 6.45) is 4.13. The number of halogens is 2. The van der Waals surface area contributed by atoms with Gasteiger partial charge in [-0.3, -0.25) is 13.9 Å². The summed E-state index contributed by atoms with van der Waals surface area (Å²) in [6, 6.07) is 13.7. The first-order valence-corrected chi connectivity index (χ1v) is 17.4. The summed E-state index contributed by atoms with van der Waals surface area (Å²) in [4.78, 5) is 29.5. The minimum absolute atomic E-state index is 0.0253. The van der Waals surface area contributed by atoms with Crippen molar-refractivity contribution in [3.8, 4) is 11.5 Å². The third-order valence-electron chi connectivity index (χ3n) is 8.16. The maximum Gasteiger partial charge on any atom is 0.264 e. The average molecular weight is 691 g/mol. The smallest absolute Gasteiger partial charge is 0.264 e. The number of aryl methyl sites for hydroxylation is 2. The van der Waals surface area contributed by atoms with Crippen molar-refractivity contribution in [2.75, 3.05) is 25.1 Å². The van der Waals surface area contributed by atoms with Crippen molar-refractivity contribution in [3.63, 3.8) is 0 Å². The highest BCUT2D eigenvalue weighted by Gasteiger charge is 2.35. The van der Waals surface area contributed by atoms with E-state index in [-0.39, 0.29) is 29.1 Å². The lowest BCUT2D eigenvalue weighted by Gasteiger charge is -2.34. The first kappa shape index (κ1) is 35.4. The van der Waals surface area contributed by atoms with Gasteiger partial charge in [0.15, 0.2) is 11.5 Å². The zero-order chi connectivity index (χ0) is 33.6. The van der Waals surface area contributed by atoms with Gasteiger partial charge in [0.2, 0.25) is 11.8 Å². The number of hydrogen-bond donors (Lipinski definition) is 1. The molecule has 2 amide bonds. The molecule has 1 atom stereocenters. The van der Waals surface area contributed by atoms with E-state index in [1.165, 1.54) is 37.3 Å². The maximum absolute atomic E-state index is 14.4. The number of ether oxygens (including phenoxy) is 2. The Morgan fingerprint density at radius 1 is 0.935 bits per heavy atom. The highest BCUT2D eigenvalue weighted by Crippen LogP contribution is 2.33. The monoisotopic (exact) mass is 689 g/mol. The van der Waals surface area contributed by atoms with Gasteiger partial charge >= 0.3 is 0 Å². The van der Waals surface area contributed by atoms with E-state index in [0.29, 0.717) is 33.5 Å². The molecule has 0 bridgehead atoms. The van der Waals surface area contributed by atoms with Crippen molar-refractivity contribution in [1.29, 1.82) is 0 Å². The standard InChI is InChI=1S/C34H41Cl2N3O6S/c1-6-30(34(41)37-26-9-7-8-10-26)38(20-24-11-12-25(35)18-29(24)36)33(40)21-39(27-16-22(2)15-23(3)17-27)46(42,43)28-13-14-31(44-4)32(19-28)45-5/h11-19,26,30H,6-10,20-21H2,1-5H3,(H,37,41)/t30-/m1/s1. The maximum atomic E-state index is 14.4. The van der Waals surface area contributed by atoms with Gasteiger partial charge in [-0.25, -0.2) is 8.42 Å². The number of nitrogens with zero attached hydrogens (tertiary/aromatic N) is 2. The molecule has 248 valence electrons. The van der Waals surface area contributed by atoms with Crippen LogP contribution < -0.4 is 19.1 Å². The number of benzene rings is 3. The molecule has 0 aromatic heterocycles. The zero-order valence-corrected chi connectivity index (χ0v) is 29.1. The van der Waals surface area contributed by atoms with Gasteiger partial charge in [-0.05, 0) is 86.2 Å². The topological polar surface area (TPSA) is 105 Å². The second-order valence-electron chi connectivity index (χ2n) is 11.5. The molecule has 1 N–H and O–H groups in total. The number of amides is 2. The summed E-state index contributed by atoms with van der Waals surface area (Å²) in [5.41, 5.74) is 2.53. The number of hydrogen-bond acceptors (Lipinski definition) is 6. The van der Waals surface area contributed by atoms with Gasteiger partial charge in [0.25, 0.3) is 10.0 Å². The predicted molar refractivity (Wildman–Crippen MR) is 181 cm³/mol. The van der Waals surface area contributed by atoms with Crippen molar-refractivity contribution in [2.45, 2.75) is 76.4 Å². The Hall–Kier alpha value is -3.47. The van der Waals surface area contributed by atoms with Gasteiger partial charge in [0.1, 0.15) is 12.6 Å². The molecular formula is C34H41Cl2N3O6S. The van der Waals surface area contributed by atoms with E-state index in [2.05, 4.69) is 5.32 Å². The molecule has 0 aliphatic heterocycles. The lowest BCUT2D eigenvalue weighted by atomic mass is 10.1. The van der Waals surface area contributed by atoms with Crippen LogP contribution in [0.15, 0.2) is 59.5 Å². The third kappa shape index (κ3) is 8.27. The van der Waals surface area contributed by atoms with Crippen LogP contribution in [0.3, 0.4) is 0 Å². The van der Waals surface area contributed by atoms with Gasteiger partial charge in [-0.1, -0.05) is 55.1 Å². The molecule has 0 heterocycles. The minimum atomic E-state index is -4.33. The lowest BCUT2D eigenvalue weighted by molar-refractivity contribution is -0.140. The second-order valence-corrected chi connectivity index (χ2v) is 14.3. The number of carbonyl (C=O) groups is 2. The van der Waals surface area contributed by atoms with E-state index in [4.69, 9.17) is 32.7 Å². The molecule has 1 saturated carbocycles. The number of carbonyl (C=O) groups excluding carboxylic acids is 2. The van der Waals surface area contributed by atoms with Crippen LogP contribution in [0.2, 0.25) is 10.0 Å². The van der Waals surface area contributed by atoms with Crippen LogP contribution in [0.25, 0.3) is 0 Å². The van der Waals surface area contributed by atoms with E-state index >= 15 is 0 Å². The Morgan fingerprint density at radius 3 is 2.17 bits per heavy atom. The number of sulfonamides is 1. The summed E-state index contributed by atoms with van der Waals surface area (Å²) in [5.74, 6) is -0.263. The van der Waals surface area contributed by atoms with Gasteiger partial charge in [0, 0.05) is 28.7 Å². The van der Waals surface area contributed by atoms with Crippen LogP contribution in [0.4, 0.5) is 5.69 Å². The molecule has 1 fully saturated rings. The van der Waals surface area contributed by atoms with Crippen molar-refractivity contribution in [3.05, 3.63) is 81.3 Å². The highest BCUT2D eigenvalue weighted by molar-refractivity contribution is 7.92. The van der Waals surface area contributed by atoms with Gasteiger partial charge in [0.05, 0.1) is 24.8 Å². The number of rotatable bonds is 13. The van der Waals surface area contributed by atoms with Gasteiger partial charge in [-0.15, -0.1) is 0 Å². The van der Waals surface area contributed by atoms with Crippen LogP contribution >= 0.6 is 23.2 Å². The molecule has 12 heteroatoms. The fourth-order valence-corrected chi connectivity index (χ4v) is 7.73. The van der Waals surface area contributed by atoms with Crippen LogP contribution in [-0.4, -0.2) is 58.0 Å². The number of nitrogens with one attached hydrogen (secondary N) is 1. The Balaban J connectivity index is 1.79. The Labute approximate surface area is 281 Å². The molecule has 46 heavy (non-hydrogen) atoms. The first-order chi connectivity index (χ1) is 21.9. The molecular weight excluding hydrogens is 649 g/mol. The molecule has 0 radical (unpaired) electrons. The SMILES string of the molecule is CC[C@H](C(=O)NC1CCCC1)N(Cc1ccc(Cl)cc1Cl)C(=O)CN(c1cc(C)cc(C)c1)S(=O)(=O)c1ccc(OC)c(OC)c1. The van der Waals surface area contributed by atoms with E-state index in [1.807, 2.05) is 26.8 Å². The summed E-state index contributed by atoms with van der Waals surface area (Å²) in [5, 5.41) is 3.87. The van der Waals surface area contributed by atoms with Crippen LogP contribution in [0.1, 0.15) is 55.7 Å². The third-order valence-corrected chi connectivity index (χ3v) is 10.5. The largest absolute Gasteiger partial charge is 0.493 e. The van der Waals surface area contributed by atoms with E-state index < -0.39 is 28.5 Å². The molecule has 9 nitrogen and oxygen atoms in total. The Kier molecular flexibility index (Phi) is 11.9. The fourth-order valence-electron chi connectivity index (χ4n) is 5.85. The van der Waals surface area contributed by atoms with Crippen LogP contribution in [0, 0.1) is 13.8 Å². The van der Waals surface area contributed by atoms with Gasteiger partial charge < -0.3 is 19.7 Å². The van der Waals surface area contributed by atoms with Crippen molar-refractivity contribution >= 4 is 50.7 Å². The lowest BCUT2D eigenvalue weighted by Crippen LogP contribution is -2.53. The van der Waals surface area contributed by atoms with E-state index in [1.54, 1.807) is 30.3 Å². The summed E-state index contributed by atoms with van der Waals surface area (Å²) < 4.78 is 40.5. The fraction of sp³-hybridized carbons (Fsp3) is 0.412. The van der Waals surface area contributed by atoms with E-state index in [9.17, 15) is 18.0 Å². The summed E-state index contributed by atoms with van der Waals surface area (Å²) in [6.45, 7) is 4.94. The normalized spacial score (nSPS) is 14.1. The number of anilines is 1. The average Bonchev–Trinajstić information content (AvgIpc) is 3.52. The highest BCUT2D eigenvalue weighted by atomic mass is 35.5. The van der Waals surface area contributed by atoms with Crippen molar-refractivity contribution < 1.29 is 27.5 Å². The van der Waals surface area contributed by atoms with E-state index in [0.717, 1.165) is 41.1 Å².